The van der Waals surface area contributed by atoms with Crippen LogP contribution in [0, 0.1) is 6.92 Å². The first kappa shape index (κ1) is 21.0. The molecular weight excluding hydrogens is 370 g/mol. The molecule has 1 unspecified atom stereocenters. The Morgan fingerprint density at radius 1 is 1.24 bits per heavy atom. The first-order chi connectivity index (χ1) is 14.1. The van der Waals surface area contributed by atoms with E-state index >= 15 is 0 Å². The molecule has 1 aromatic heterocycles. The summed E-state index contributed by atoms with van der Waals surface area (Å²) in [5, 5.41) is 7.52. The number of hydrogen-bond donors (Lipinski definition) is 1. The first-order valence-corrected chi connectivity index (χ1v) is 9.99. The highest BCUT2D eigenvalue weighted by molar-refractivity contribution is 5.80. The van der Waals surface area contributed by atoms with Gasteiger partial charge >= 0.3 is 0 Å². The number of benzene rings is 1. The third kappa shape index (κ3) is 5.87. The molecule has 1 atom stereocenters. The molecule has 8 heteroatoms. The van der Waals surface area contributed by atoms with E-state index in [-0.39, 0.29) is 6.10 Å². The molecule has 1 aliphatic rings. The van der Waals surface area contributed by atoms with Gasteiger partial charge in [0.25, 0.3) is 0 Å². The summed E-state index contributed by atoms with van der Waals surface area (Å²) in [5.74, 6) is 3.24. The largest absolute Gasteiger partial charge is 0.493 e. The zero-order valence-corrected chi connectivity index (χ0v) is 17.7. The fourth-order valence-corrected chi connectivity index (χ4v) is 3.38. The molecule has 1 aromatic carbocycles. The topological polar surface area (TPSA) is 75.4 Å². The van der Waals surface area contributed by atoms with E-state index in [0.717, 1.165) is 61.6 Å². The molecule has 0 saturated carbocycles. The van der Waals surface area contributed by atoms with Crippen molar-refractivity contribution in [3.8, 4) is 11.5 Å². The Hall–Kier alpha value is -2.74. The van der Waals surface area contributed by atoms with Crippen LogP contribution in [-0.2, 0) is 6.54 Å². The van der Waals surface area contributed by atoms with Gasteiger partial charge in [-0.15, -0.1) is 0 Å². The molecule has 0 spiro atoms. The van der Waals surface area contributed by atoms with Crippen molar-refractivity contribution in [2.24, 2.45) is 4.99 Å². The van der Waals surface area contributed by atoms with Crippen molar-refractivity contribution in [3.63, 3.8) is 0 Å². The highest BCUT2D eigenvalue weighted by Gasteiger charge is 2.21. The molecule has 29 heavy (non-hydrogen) atoms. The Morgan fingerprint density at radius 3 is 2.59 bits per heavy atom. The number of aliphatic imine (C=N–C) groups is 1. The van der Waals surface area contributed by atoms with Gasteiger partial charge in [-0.25, -0.2) is 0 Å². The Morgan fingerprint density at radius 2 is 1.97 bits per heavy atom. The van der Waals surface area contributed by atoms with Crippen LogP contribution in [-0.4, -0.2) is 73.9 Å². The molecule has 1 saturated heterocycles. The lowest BCUT2D eigenvalue weighted by atomic mass is 10.3. The van der Waals surface area contributed by atoms with Crippen LogP contribution < -0.4 is 14.8 Å². The van der Waals surface area contributed by atoms with Gasteiger partial charge in [0.05, 0.1) is 19.3 Å². The Balaban J connectivity index is 1.44. The first-order valence-electron chi connectivity index (χ1n) is 9.99. The van der Waals surface area contributed by atoms with Gasteiger partial charge in [-0.3, -0.25) is 9.89 Å². The lowest BCUT2D eigenvalue weighted by molar-refractivity contribution is 0.166. The van der Waals surface area contributed by atoms with Crippen LogP contribution in [0.5, 0.6) is 11.5 Å². The maximum absolute atomic E-state index is 6.02. The second-order valence-corrected chi connectivity index (χ2v) is 7.20. The van der Waals surface area contributed by atoms with Crippen molar-refractivity contribution in [1.82, 2.24) is 20.3 Å². The van der Waals surface area contributed by atoms with Gasteiger partial charge in [0.1, 0.15) is 11.9 Å². The molecule has 0 bridgehead atoms. The van der Waals surface area contributed by atoms with Gasteiger partial charge in [0, 0.05) is 45.8 Å². The van der Waals surface area contributed by atoms with Crippen LogP contribution in [0.4, 0.5) is 0 Å². The summed E-state index contributed by atoms with van der Waals surface area (Å²) in [7, 11) is 3.47. The Kier molecular flexibility index (Phi) is 7.35. The van der Waals surface area contributed by atoms with E-state index in [1.807, 2.05) is 51.2 Å². The highest BCUT2D eigenvalue weighted by atomic mass is 16.5. The number of aromatic nitrogens is 1. The lowest BCUT2D eigenvalue weighted by Gasteiger charge is -2.36. The Bertz CT molecular complexity index is 799. The molecule has 1 N–H and O–H groups in total. The number of methoxy groups -OCH3 is 1. The minimum atomic E-state index is -0.0280. The summed E-state index contributed by atoms with van der Waals surface area (Å²) in [5.41, 5.74) is 0.987. The van der Waals surface area contributed by atoms with E-state index < -0.39 is 0 Å². The number of nitrogens with zero attached hydrogens (tertiary/aromatic N) is 4. The van der Waals surface area contributed by atoms with E-state index in [4.69, 9.17) is 14.0 Å². The lowest BCUT2D eigenvalue weighted by Crippen LogP contribution is -2.53. The van der Waals surface area contributed by atoms with Crippen molar-refractivity contribution < 1.29 is 14.0 Å². The summed E-state index contributed by atoms with van der Waals surface area (Å²) < 4.78 is 16.5. The molecule has 1 fully saturated rings. The van der Waals surface area contributed by atoms with Gasteiger partial charge in [-0.2, -0.15) is 0 Å². The summed E-state index contributed by atoms with van der Waals surface area (Å²) in [6.45, 7) is 9.17. The predicted molar refractivity (Wildman–Crippen MR) is 113 cm³/mol. The average Bonchev–Trinajstić information content (AvgIpc) is 3.14. The van der Waals surface area contributed by atoms with Gasteiger partial charge < -0.3 is 24.2 Å². The van der Waals surface area contributed by atoms with E-state index in [2.05, 4.69) is 25.3 Å². The number of piperazine rings is 1. The predicted octanol–water partition coefficient (Wildman–Crippen LogP) is 2.15. The monoisotopic (exact) mass is 401 g/mol. The maximum Gasteiger partial charge on any atom is 0.193 e. The average molecular weight is 402 g/mol. The van der Waals surface area contributed by atoms with Crippen molar-refractivity contribution in [3.05, 3.63) is 41.8 Å². The Labute approximate surface area is 172 Å². The quantitative estimate of drug-likeness (QED) is 0.563. The van der Waals surface area contributed by atoms with Crippen LogP contribution in [0.15, 0.2) is 39.8 Å². The van der Waals surface area contributed by atoms with Crippen molar-refractivity contribution >= 4 is 5.96 Å². The second kappa shape index (κ2) is 10.2. The van der Waals surface area contributed by atoms with Crippen LogP contribution in [0.1, 0.15) is 18.4 Å². The molecule has 158 valence electrons. The minimum Gasteiger partial charge on any atom is -0.493 e. The fourth-order valence-electron chi connectivity index (χ4n) is 3.38. The van der Waals surface area contributed by atoms with Crippen LogP contribution in [0.3, 0.4) is 0 Å². The summed E-state index contributed by atoms with van der Waals surface area (Å²) in [4.78, 5) is 9.10. The molecule has 8 nitrogen and oxygen atoms in total. The molecule has 2 aromatic rings. The molecule has 1 aliphatic heterocycles. The normalized spacial score (nSPS) is 16.6. The van der Waals surface area contributed by atoms with E-state index in [9.17, 15) is 0 Å². The van der Waals surface area contributed by atoms with Crippen molar-refractivity contribution in [1.29, 1.82) is 0 Å². The van der Waals surface area contributed by atoms with Gasteiger partial charge in [-0.05, 0) is 26.0 Å². The highest BCUT2D eigenvalue weighted by Crippen LogP contribution is 2.26. The number of para-hydroxylation sites is 2. The summed E-state index contributed by atoms with van der Waals surface area (Å²) >= 11 is 0. The third-order valence-corrected chi connectivity index (χ3v) is 4.89. The molecule has 0 amide bonds. The molecular formula is C21H31N5O3. The minimum absolute atomic E-state index is 0.0280. The second-order valence-electron chi connectivity index (χ2n) is 7.20. The maximum atomic E-state index is 6.02. The van der Waals surface area contributed by atoms with E-state index in [0.29, 0.717) is 6.54 Å². The summed E-state index contributed by atoms with van der Waals surface area (Å²) in [6, 6.07) is 9.68. The van der Waals surface area contributed by atoms with Gasteiger partial charge in [0.2, 0.25) is 0 Å². The third-order valence-electron chi connectivity index (χ3n) is 4.89. The van der Waals surface area contributed by atoms with Gasteiger partial charge in [-0.1, -0.05) is 17.3 Å². The smallest absolute Gasteiger partial charge is 0.193 e. The fraction of sp³-hybridized carbons (Fsp3) is 0.524. The standard InChI is InChI=1S/C21H31N5O3/c1-16-13-18(24-29-16)15-25-9-11-26(12-10-25)21(22-3)23-14-17(2)28-20-8-6-5-7-19(20)27-4/h5-8,13,17H,9-12,14-15H2,1-4H3,(H,22,23). The molecule has 2 heterocycles. The molecule has 3 rings (SSSR count). The van der Waals surface area contributed by atoms with Crippen LogP contribution in [0.2, 0.25) is 0 Å². The van der Waals surface area contributed by atoms with Crippen LogP contribution >= 0.6 is 0 Å². The SMILES string of the molecule is CN=C(NCC(C)Oc1ccccc1OC)N1CCN(Cc2cc(C)on2)CC1. The number of rotatable bonds is 7. The zero-order valence-electron chi connectivity index (χ0n) is 17.7. The van der Waals surface area contributed by atoms with Gasteiger partial charge in [0.15, 0.2) is 17.5 Å². The van der Waals surface area contributed by atoms with E-state index in [1.54, 1.807) is 7.11 Å². The molecule has 0 radical (unpaired) electrons. The van der Waals surface area contributed by atoms with Crippen molar-refractivity contribution in [2.75, 3.05) is 46.9 Å². The number of guanidine groups is 1. The molecule has 0 aliphatic carbocycles. The number of nitrogens with one attached hydrogen (secondary N) is 1. The van der Waals surface area contributed by atoms with E-state index in [1.165, 1.54) is 0 Å². The van der Waals surface area contributed by atoms with Crippen molar-refractivity contribution in [2.45, 2.75) is 26.5 Å². The van der Waals surface area contributed by atoms with Crippen LogP contribution in [0.25, 0.3) is 0 Å². The summed E-state index contributed by atoms with van der Waals surface area (Å²) in [6.07, 6.45) is -0.0280. The number of aryl methyl sites for hydroxylation is 1. The number of hydrogen-bond acceptors (Lipinski definition) is 6. The number of ether oxygens (including phenoxy) is 2. The zero-order chi connectivity index (χ0) is 20.6.